The first-order valence-electron chi connectivity index (χ1n) is 4.68. The van der Waals surface area contributed by atoms with Gasteiger partial charge in [-0.2, -0.15) is 0 Å². The molecule has 0 aliphatic rings. The summed E-state index contributed by atoms with van der Waals surface area (Å²) in [4.78, 5) is 33.1. The monoisotopic (exact) mass is 230 g/mol. The highest BCUT2D eigenvalue weighted by Crippen LogP contribution is 2.01. The van der Waals surface area contributed by atoms with Crippen molar-refractivity contribution in [2.75, 3.05) is 0 Å². The van der Waals surface area contributed by atoms with Gasteiger partial charge in [-0.1, -0.05) is 6.92 Å². The van der Waals surface area contributed by atoms with Gasteiger partial charge in [-0.15, -0.1) is 0 Å². The fourth-order valence-electron chi connectivity index (χ4n) is 1.26. The molecule has 1 aromatic heterocycles. The normalized spacial score (nSPS) is 12.4. The van der Waals surface area contributed by atoms with Gasteiger partial charge in [-0.25, -0.2) is 18.5 Å². The molecule has 7 heteroatoms. The molecule has 1 atom stereocenters. The summed E-state index contributed by atoms with van der Waals surface area (Å²) in [5.74, 6) is -1.87. The fraction of sp³-hybridized carbons (Fsp3) is 0.444. The molecular formula is C9H11FN2O4. The van der Waals surface area contributed by atoms with Crippen LogP contribution in [0.1, 0.15) is 19.6 Å². The van der Waals surface area contributed by atoms with Gasteiger partial charge in [0.1, 0.15) is 0 Å². The number of alkyl halides is 1. The van der Waals surface area contributed by atoms with Gasteiger partial charge in [0, 0.05) is 18.8 Å². The summed E-state index contributed by atoms with van der Waals surface area (Å²) in [7, 11) is 0. The van der Waals surface area contributed by atoms with Crippen molar-refractivity contribution in [2.45, 2.75) is 26.2 Å². The Balaban J connectivity index is 3.38. The summed E-state index contributed by atoms with van der Waals surface area (Å²) in [6.07, 6.45) is -0.814. The Morgan fingerprint density at radius 3 is 2.69 bits per heavy atom. The standard InChI is InChI=1S/C9H11FN2O4/c1-2-4-11-5-3-6(13)12(9(11)16)7(10)8(14)15/h3,5,7H,2,4H2,1H3,(H,14,15). The maximum Gasteiger partial charge on any atom is 0.360 e. The molecule has 1 unspecified atom stereocenters. The van der Waals surface area contributed by atoms with Crippen LogP contribution in [0.5, 0.6) is 0 Å². The summed E-state index contributed by atoms with van der Waals surface area (Å²) in [6.45, 7) is 2.09. The smallest absolute Gasteiger partial charge is 0.360 e. The summed E-state index contributed by atoms with van der Waals surface area (Å²) in [6, 6.07) is 0.965. The fourth-order valence-corrected chi connectivity index (χ4v) is 1.26. The van der Waals surface area contributed by atoms with Crippen molar-refractivity contribution in [3.05, 3.63) is 33.1 Å². The van der Waals surface area contributed by atoms with Crippen LogP contribution in [0, 0.1) is 0 Å². The number of hydrogen-bond acceptors (Lipinski definition) is 3. The zero-order valence-corrected chi connectivity index (χ0v) is 8.59. The van der Waals surface area contributed by atoms with Gasteiger partial charge >= 0.3 is 11.7 Å². The summed E-state index contributed by atoms with van der Waals surface area (Å²) >= 11 is 0. The van der Waals surface area contributed by atoms with Gasteiger partial charge in [-0.05, 0) is 6.42 Å². The second kappa shape index (κ2) is 4.73. The average molecular weight is 230 g/mol. The first-order chi connectivity index (χ1) is 7.49. The van der Waals surface area contributed by atoms with E-state index in [0.717, 1.165) is 10.6 Å². The number of rotatable bonds is 4. The SMILES string of the molecule is CCCn1ccc(=O)n(C(F)C(=O)O)c1=O. The second-order valence-electron chi connectivity index (χ2n) is 3.17. The highest BCUT2D eigenvalue weighted by atomic mass is 19.1. The van der Waals surface area contributed by atoms with E-state index >= 15 is 0 Å². The lowest BCUT2D eigenvalue weighted by Gasteiger charge is -2.09. The Hall–Kier alpha value is -1.92. The number of carboxylic acids is 1. The number of nitrogens with zero attached hydrogens (tertiary/aromatic N) is 2. The lowest BCUT2D eigenvalue weighted by atomic mass is 10.4. The summed E-state index contributed by atoms with van der Waals surface area (Å²) in [5.41, 5.74) is -1.92. The van der Waals surface area contributed by atoms with Gasteiger partial charge in [0.2, 0.25) is 0 Å². The molecule has 1 N–H and O–H groups in total. The van der Waals surface area contributed by atoms with Crippen molar-refractivity contribution >= 4 is 5.97 Å². The Kier molecular flexibility index (Phi) is 3.60. The molecule has 0 bridgehead atoms. The first kappa shape index (κ1) is 12.2. The van der Waals surface area contributed by atoms with Gasteiger partial charge < -0.3 is 9.67 Å². The van der Waals surface area contributed by atoms with Gasteiger partial charge in [0.05, 0.1) is 0 Å². The number of halogens is 1. The number of aliphatic carboxylic acids is 1. The zero-order valence-electron chi connectivity index (χ0n) is 8.59. The minimum atomic E-state index is -2.65. The molecule has 0 radical (unpaired) electrons. The van der Waals surface area contributed by atoms with Gasteiger partial charge in [0.15, 0.2) is 0 Å². The Morgan fingerprint density at radius 1 is 1.56 bits per heavy atom. The van der Waals surface area contributed by atoms with Gasteiger partial charge in [-0.3, -0.25) is 4.79 Å². The third-order valence-electron chi connectivity index (χ3n) is 1.98. The highest BCUT2D eigenvalue weighted by Gasteiger charge is 2.22. The zero-order chi connectivity index (χ0) is 12.3. The van der Waals surface area contributed by atoms with Crippen LogP contribution in [0.15, 0.2) is 21.9 Å². The highest BCUT2D eigenvalue weighted by molar-refractivity contribution is 5.70. The van der Waals surface area contributed by atoms with Crippen LogP contribution in [0.4, 0.5) is 4.39 Å². The van der Waals surface area contributed by atoms with Crippen molar-refractivity contribution < 1.29 is 14.3 Å². The minimum Gasteiger partial charge on any atom is -0.478 e. The molecule has 0 fully saturated rings. The predicted octanol–water partition coefficient (Wildman–Crippen LogP) is -0.0273. The molecule has 0 amide bonds. The molecule has 88 valence electrons. The molecule has 0 aliphatic heterocycles. The molecule has 0 aromatic carbocycles. The van der Waals surface area contributed by atoms with Crippen LogP contribution < -0.4 is 11.2 Å². The van der Waals surface area contributed by atoms with Crippen molar-refractivity contribution in [2.24, 2.45) is 0 Å². The number of carbonyl (C=O) groups is 1. The van der Waals surface area contributed by atoms with E-state index in [1.807, 2.05) is 0 Å². The van der Waals surface area contributed by atoms with E-state index in [0.29, 0.717) is 13.0 Å². The molecule has 0 saturated heterocycles. The maximum absolute atomic E-state index is 13.1. The third-order valence-corrected chi connectivity index (χ3v) is 1.98. The summed E-state index contributed by atoms with van der Waals surface area (Å²) in [5, 5.41) is 8.42. The number of carboxylic acid groups (broad SMARTS) is 1. The molecule has 1 rings (SSSR count). The lowest BCUT2D eigenvalue weighted by molar-refractivity contribution is -0.146. The minimum absolute atomic E-state index is 0.0813. The topological polar surface area (TPSA) is 81.3 Å². The van der Waals surface area contributed by atoms with Crippen molar-refractivity contribution in [1.29, 1.82) is 0 Å². The molecule has 1 heterocycles. The van der Waals surface area contributed by atoms with Crippen LogP contribution in [-0.2, 0) is 11.3 Å². The number of aryl methyl sites for hydroxylation is 1. The van der Waals surface area contributed by atoms with Gasteiger partial charge in [0.25, 0.3) is 11.9 Å². The summed E-state index contributed by atoms with van der Waals surface area (Å²) < 4.78 is 14.3. The Morgan fingerprint density at radius 2 is 2.19 bits per heavy atom. The molecule has 0 aliphatic carbocycles. The largest absolute Gasteiger partial charge is 0.478 e. The Bertz CT molecular complexity index is 505. The predicted molar refractivity (Wildman–Crippen MR) is 53.0 cm³/mol. The van der Waals surface area contributed by atoms with Crippen LogP contribution in [0.3, 0.4) is 0 Å². The molecule has 6 nitrogen and oxygen atoms in total. The lowest BCUT2D eigenvalue weighted by Crippen LogP contribution is -2.42. The second-order valence-corrected chi connectivity index (χ2v) is 3.17. The van der Waals surface area contributed by atoms with E-state index in [9.17, 15) is 18.8 Å². The molecule has 0 saturated carbocycles. The molecule has 0 spiro atoms. The van der Waals surface area contributed by atoms with Crippen molar-refractivity contribution in [1.82, 2.24) is 9.13 Å². The van der Waals surface area contributed by atoms with Crippen molar-refractivity contribution in [3.63, 3.8) is 0 Å². The van der Waals surface area contributed by atoms with E-state index < -0.39 is 23.5 Å². The Labute approximate surface area is 89.6 Å². The third kappa shape index (κ3) is 2.18. The molecule has 1 aromatic rings. The number of hydrogen-bond donors (Lipinski definition) is 1. The number of aromatic nitrogens is 2. The molecular weight excluding hydrogens is 219 g/mol. The van der Waals surface area contributed by atoms with Crippen LogP contribution in [0.25, 0.3) is 0 Å². The first-order valence-corrected chi connectivity index (χ1v) is 4.68. The quantitative estimate of drug-likeness (QED) is 0.787. The van der Waals surface area contributed by atoms with E-state index in [1.165, 1.54) is 6.20 Å². The van der Waals surface area contributed by atoms with Crippen LogP contribution >= 0.6 is 0 Å². The van der Waals surface area contributed by atoms with E-state index in [-0.39, 0.29) is 4.57 Å². The molecule has 16 heavy (non-hydrogen) atoms. The van der Waals surface area contributed by atoms with Crippen molar-refractivity contribution in [3.8, 4) is 0 Å². The van der Waals surface area contributed by atoms with E-state index in [2.05, 4.69) is 0 Å². The van der Waals surface area contributed by atoms with E-state index in [4.69, 9.17) is 5.11 Å². The van der Waals surface area contributed by atoms with E-state index in [1.54, 1.807) is 6.92 Å². The van der Waals surface area contributed by atoms with Crippen LogP contribution in [0.2, 0.25) is 0 Å². The van der Waals surface area contributed by atoms with Crippen LogP contribution in [-0.4, -0.2) is 20.2 Å². The maximum atomic E-state index is 13.1. The average Bonchev–Trinajstić information content (AvgIpc) is 2.22.